The SMILES string of the molecule is Cc1ccc(-c2cncc(F)c2)cc1NC(=O)c1ccc2ncccc2c1. The van der Waals surface area contributed by atoms with Gasteiger partial charge in [-0.1, -0.05) is 18.2 Å². The number of aromatic nitrogens is 2. The Kier molecular flexibility index (Phi) is 4.34. The Morgan fingerprint density at radius 1 is 1.00 bits per heavy atom. The van der Waals surface area contributed by atoms with Gasteiger partial charge in [-0.05, 0) is 54.4 Å². The van der Waals surface area contributed by atoms with Crippen LogP contribution in [0.3, 0.4) is 0 Å². The van der Waals surface area contributed by atoms with Crippen LogP contribution in [0.5, 0.6) is 0 Å². The molecule has 0 aliphatic carbocycles. The van der Waals surface area contributed by atoms with Crippen LogP contribution in [0.4, 0.5) is 10.1 Å². The number of amides is 1. The summed E-state index contributed by atoms with van der Waals surface area (Å²) in [4.78, 5) is 20.9. The van der Waals surface area contributed by atoms with Crippen LogP contribution in [-0.4, -0.2) is 15.9 Å². The fraction of sp³-hybridized carbons (Fsp3) is 0.0455. The van der Waals surface area contributed by atoms with Crippen LogP contribution >= 0.6 is 0 Å². The fourth-order valence-corrected chi connectivity index (χ4v) is 2.92. The van der Waals surface area contributed by atoms with Gasteiger partial charge in [-0.3, -0.25) is 14.8 Å². The molecule has 0 atom stereocenters. The van der Waals surface area contributed by atoms with Crippen LogP contribution in [0, 0.1) is 12.7 Å². The van der Waals surface area contributed by atoms with Gasteiger partial charge >= 0.3 is 0 Å². The highest BCUT2D eigenvalue weighted by Crippen LogP contribution is 2.26. The van der Waals surface area contributed by atoms with Crippen LogP contribution in [0.1, 0.15) is 15.9 Å². The molecule has 2 aromatic carbocycles. The molecule has 0 aliphatic heterocycles. The number of carbonyl (C=O) groups excluding carboxylic acids is 1. The van der Waals surface area contributed by atoms with Gasteiger partial charge in [0.1, 0.15) is 5.82 Å². The second-order valence-electron chi connectivity index (χ2n) is 6.29. The first-order valence-corrected chi connectivity index (χ1v) is 8.48. The maximum absolute atomic E-state index is 13.5. The smallest absolute Gasteiger partial charge is 0.255 e. The summed E-state index contributed by atoms with van der Waals surface area (Å²) in [6, 6.07) is 16.2. The maximum atomic E-state index is 13.5. The normalized spacial score (nSPS) is 10.7. The van der Waals surface area contributed by atoms with Crippen molar-refractivity contribution in [3.63, 3.8) is 0 Å². The summed E-state index contributed by atoms with van der Waals surface area (Å²) >= 11 is 0. The van der Waals surface area contributed by atoms with Crippen LogP contribution in [0.25, 0.3) is 22.0 Å². The molecule has 0 spiro atoms. The third-order valence-corrected chi connectivity index (χ3v) is 4.39. The van der Waals surface area contributed by atoms with E-state index in [0.29, 0.717) is 16.8 Å². The Morgan fingerprint density at radius 2 is 1.89 bits per heavy atom. The lowest BCUT2D eigenvalue weighted by molar-refractivity contribution is 0.102. The second-order valence-corrected chi connectivity index (χ2v) is 6.29. The average Bonchev–Trinajstić information content (AvgIpc) is 2.69. The van der Waals surface area contributed by atoms with Crippen molar-refractivity contribution in [2.24, 2.45) is 0 Å². The summed E-state index contributed by atoms with van der Waals surface area (Å²) in [5.74, 6) is -0.609. The van der Waals surface area contributed by atoms with Gasteiger partial charge in [-0.2, -0.15) is 0 Å². The molecule has 0 bridgehead atoms. The Bertz CT molecular complexity index is 1160. The van der Waals surface area contributed by atoms with E-state index in [1.165, 1.54) is 6.07 Å². The van der Waals surface area contributed by atoms with Gasteiger partial charge in [0, 0.05) is 34.6 Å². The minimum absolute atomic E-state index is 0.210. The van der Waals surface area contributed by atoms with Crippen molar-refractivity contribution in [1.29, 1.82) is 0 Å². The number of nitrogens with one attached hydrogen (secondary N) is 1. The Balaban J connectivity index is 1.64. The van der Waals surface area contributed by atoms with E-state index >= 15 is 0 Å². The molecule has 4 nitrogen and oxygen atoms in total. The van der Waals surface area contributed by atoms with E-state index in [1.54, 1.807) is 18.5 Å². The molecule has 0 fully saturated rings. The van der Waals surface area contributed by atoms with Crippen molar-refractivity contribution in [3.05, 3.63) is 90.1 Å². The zero-order chi connectivity index (χ0) is 18.8. The maximum Gasteiger partial charge on any atom is 0.255 e. The standard InChI is InChI=1S/C22H16FN3O/c1-14-4-5-15(18-10-19(23)13-24-12-18)11-21(14)26-22(27)17-6-7-20-16(9-17)3-2-8-25-20/h2-13H,1H3,(H,26,27). The Morgan fingerprint density at radius 3 is 2.74 bits per heavy atom. The predicted octanol–water partition coefficient (Wildman–Crippen LogP) is 5.00. The number of fused-ring (bicyclic) bond motifs is 1. The zero-order valence-electron chi connectivity index (χ0n) is 14.6. The molecule has 5 heteroatoms. The summed E-state index contributed by atoms with van der Waals surface area (Å²) < 4.78 is 13.5. The Hall–Kier alpha value is -3.60. The molecule has 4 aromatic rings. The van der Waals surface area contributed by atoms with Gasteiger partial charge in [0.25, 0.3) is 5.91 Å². The Labute approximate surface area is 155 Å². The summed E-state index contributed by atoms with van der Waals surface area (Å²) in [6.07, 6.45) is 4.48. The van der Waals surface area contributed by atoms with Gasteiger partial charge in [0.05, 0.1) is 11.7 Å². The first-order valence-electron chi connectivity index (χ1n) is 8.48. The number of hydrogen-bond acceptors (Lipinski definition) is 3. The minimum atomic E-state index is -0.400. The van der Waals surface area contributed by atoms with Gasteiger partial charge in [0.15, 0.2) is 0 Å². The first-order chi connectivity index (χ1) is 13.1. The third-order valence-electron chi connectivity index (χ3n) is 4.39. The molecule has 0 aliphatic rings. The van der Waals surface area contributed by atoms with Crippen LogP contribution in [0.2, 0.25) is 0 Å². The lowest BCUT2D eigenvalue weighted by Gasteiger charge is -2.11. The van der Waals surface area contributed by atoms with Crippen molar-refractivity contribution < 1.29 is 9.18 Å². The number of benzene rings is 2. The molecule has 0 unspecified atom stereocenters. The topological polar surface area (TPSA) is 54.9 Å². The number of nitrogens with zero attached hydrogens (tertiary/aromatic N) is 2. The minimum Gasteiger partial charge on any atom is -0.322 e. The van der Waals surface area contributed by atoms with Crippen molar-refractivity contribution in [2.45, 2.75) is 6.92 Å². The van der Waals surface area contributed by atoms with Crippen molar-refractivity contribution in [1.82, 2.24) is 9.97 Å². The molecule has 0 saturated heterocycles. The van der Waals surface area contributed by atoms with Crippen LogP contribution < -0.4 is 5.32 Å². The molecule has 1 N–H and O–H groups in total. The molecule has 1 amide bonds. The number of anilines is 1. The molecule has 2 heterocycles. The molecule has 132 valence electrons. The number of halogens is 1. The summed E-state index contributed by atoms with van der Waals surface area (Å²) in [5, 5.41) is 3.85. The lowest BCUT2D eigenvalue weighted by Crippen LogP contribution is -2.12. The van der Waals surface area contributed by atoms with E-state index in [4.69, 9.17) is 0 Å². The summed E-state index contributed by atoms with van der Waals surface area (Å²) in [7, 11) is 0. The van der Waals surface area contributed by atoms with E-state index in [2.05, 4.69) is 15.3 Å². The number of aryl methyl sites for hydroxylation is 1. The van der Waals surface area contributed by atoms with E-state index in [0.717, 1.165) is 28.2 Å². The monoisotopic (exact) mass is 357 g/mol. The average molecular weight is 357 g/mol. The number of carbonyl (C=O) groups is 1. The van der Waals surface area contributed by atoms with E-state index in [9.17, 15) is 9.18 Å². The highest BCUT2D eigenvalue weighted by molar-refractivity contribution is 6.06. The van der Waals surface area contributed by atoms with Crippen molar-refractivity contribution in [2.75, 3.05) is 5.32 Å². The number of rotatable bonds is 3. The summed E-state index contributed by atoms with van der Waals surface area (Å²) in [6.45, 7) is 1.91. The predicted molar refractivity (Wildman–Crippen MR) is 104 cm³/mol. The van der Waals surface area contributed by atoms with Crippen molar-refractivity contribution >= 4 is 22.5 Å². The van der Waals surface area contributed by atoms with Gasteiger partial charge in [-0.15, -0.1) is 0 Å². The number of pyridine rings is 2. The quantitative estimate of drug-likeness (QED) is 0.561. The van der Waals surface area contributed by atoms with Gasteiger partial charge in [0.2, 0.25) is 0 Å². The zero-order valence-corrected chi connectivity index (χ0v) is 14.6. The summed E-state index contributed by atoms with van der Waals surface area (Å²) in [5.41, 5.74) is 4.42. The largest absolute Gasteiger partial charge is 0.322 e. The molecule has 4 rings (SSSR count). The molecular weight excluding hydrogens is 341 g/mol. The molecule has 2 aromatic heterocycles. The highest BCUT2D eigenvalue weighted by Gasteiger charge is 2.10. The fourth-order valence-electron chi connectivity index (χ4n) is 2.92. The van der Waals surface area contributed by atoms with Crippen molar-refractivity contribution in [3.8, 4) is 11.1 Å². The van der Waals surface area contributed by atoms with E-state index < -0.39 is 5.82 Å². The first kappa shape index (κ1) is 16.8. The van der Waals surface area contributed by atoms with E-state index in [1.807, 2.05) is 49.4 Å². The molecule has 27 heavy (non-hydrogen) atoms. The van der Waals surface area contributed by atoms with E-state index in [-0.39, 0.29) is 5.91 Å². The van der Waals surface area contributed by atoms with Gasteiger partial charge < -0.3 is 5.32 Å². The second kappa shape index (κ2) is 6.96. The molecule has 0 radical (unpaired) electrons. The highest BCUT2D eigenvalue weighted by atomic mass is 19.1. The lowest BCUT2D eigenvalue weighted by atomic mass is 10.0. The molecule has 0 saturated carbocycles. The molecular formula is C22H16FN3O. The third kappa shape index (κ3) is 3.53. The van der Waals surface area contributed by atoms with Crippen LogP contribution in [-0.2, 0) is 0 Å². The van der Waals surface area contributed by atoms with Crippen LogP contribution in [0.15, 0.2) is 73.2 Å². The van der Waals surface area contributed by atoms with Gasteiger partial charge in [-0.25, -0.2) is 4.39 Å². The number of hydrogen-bond donors (Lipinski definition) is 1.